The Labute approximate surface area is 172 Å². The summed E-state index contributed by atoms with van der Waals surface area (Å²) in [5, 5.41) is 11.6. The van der Waals surface area contributed by atoms with Crippen molar-refractivity contribution in [1.29, 1.82) is 5.26 Å². The minimum absolute atomic E-state index is 0.175. The third-order valence-electron chi connectivity index (χ3n) is 5.22. The Morgan fingerprint density at radius 3 is 2.62 bits per heavy atom. The number of piperidine rings is 1. The lowest BCUT2D eigenvalue weighted by atomic mass is 9.98. The molecule has 1 N–H and O–H groups in total. The lowest BCUT2D eigenvalue weighted by molar-refractivity contribution is -0.120. The van der Waals surface area contributed by atoms with Crippen LogP contribution in [0.25, 0.3) is 0 Å². The second-order valence-corrected chi connectivity index (χ2v) is 9.40. The second-order valence-electron chi connectivity index (χ2n) is 7.49. The zero-order valence-corrected chi connectivity index (χ0v) is 17.5. The number of hydrogen-bond donors (Lipinski definition) is 1. The highest BCUT2D eigenvalue weighted by molar-refractivity contribution is 7.89. The van der Waals surface area contributed by atoms with Gasteiger partial charge in [0.05, 0.1) is 23.3 Å². The van der Waals surface area contributed by atoms with E-state index >= 15 is 0 Å². The number of hydrogen-bond acceptors (Lipinski definition) is 4. The zero-order chi connectivity index (χ0) is 21.0. The number of sulfonamides is 1. The van der Waals surface area contributed by atoms with Crippen LogP contribution in [0.1, 0.15) is 29.5 Å². The quantitative estimate of drug-likeness (QED) is 0.816. The number of benzene rings is 2. The van der Waals surface area contributed by atoms with Gasteiger partial charge in [0, 0.05) is 18.8 Å². The highest BCUT2D eigenvalue weighted by atomic mass is 32.2. The van der Waals surface area contributed by atoms with E-state index in [-0.39, 0.29) is 12.5 Å². The van der Waals surface area contributed by atoms with Crippen molar-refractivity contribution >= 4 is 21.6 Å². The molecule has 1 heterocycles. The van der Waals surface area contributed by atoms with Gasteiger partial charge in [-0.25, -0.2) is 8.42 Å². The molecule has 0 saturated carbocycles. The Balaban J connectivity index is 1.72. The maximum atomic E-state index is 13.2. The van der Waals surface area contributed by atoms with E-state index < -0.39 is 15.9 Å². The van der Waals surface area contributed by atoms with Crippen molar-refractivity contribution in [2.75, 3.05) is 18.4 Å². The van der Waals surface area contributed by atoms with Gasteiger partial charge in [-0.3, -0.25) is 4.79 Å². The summed E-state index contributed by atoms with van der Waals surface area (Å²) < 4.78 is 27.7. The number of nitriles is 1. The molecule has 0 aliphatic carbocycles. The molecule has 1 saturated heterocycles. The van der Waals surface area contributed by atoms with Crippen molar-refractivity contribution in [3.8, 4) is 6.07 Å². The molecule has 1 aliphatic heterocycles. The molecule has 2 aromatic rings. The van der Waals surface area contributed by atoms with Crippen LogP contribution in [-0.2, 0) is 21.2 Å². The molecule has 6 nitrogen and oxygen atoms in total. The first kappa shape index (κ1) is 21.0. The number of anilines is 1. The molecule has 2 aromatic carbocycles. The average molecular weight is 412 g/mol. The van der Waals surface area contributed by atoms with Crippen molar-refractivity contribution in [1.82, 2.24) is 4.31 Å². The van der Waals surface area contributed by atoms with Gasteiger partial charge in [-0.2, -0.15) is 9.57 Å². The Morgan fingerprint density at radius 1 is 1.21 bits per heavy atom. The smallest absolute Gasteiger partial charge is 0.243 e. The highest BCUT2D eigenvalue weighted by Crippen LogP contribution is 2.27. The standard InChI is InChI=1S/C22H25N3O3S/c1-16-5-6-17(2)21(14-16)29(27,28)25-13-3-4-19(15-25)22(26)24-20-9-7-18(8-10-20)11-12-23/h5-10,14,19H,3-4,11,13,15H2,1-2H3,(H,24,26). The second kappa shape index (κ2) is 8.76. The number of carbonyl (C=O) groups is 1. The average Bonchev–Trinajstić information content (AvgIpc) is 2.71. The van der Waals surface area contributed by atoms with Crippen LogP contribution in [-0.4, -0.2) is 31.7 Å². The van der Waals surface area contributed by atoms with Crippen LogP contribution in [0.2, 0.25) is 0 Å². The summed E-state index contributed by atoms with van der Waals surface area (Å²) >= 11 is 0. The molecule has 0 spiro atoms. The molecule has 29 heavy (non-hydrogen) atoms. The largest absolute Gasteiger partial charge is 0.326 e. The van der Waals surface area contributed by atoms with Crippen LogP contribution in [0.4, 0.5) is 5.69 Å². The van der Waals surface area contributed by atoms with E-state index in [1.807, 2.05) is 19.1 Å². The minimum Gasteiger partial charge on any atom is -0.326 e. The van der Waals surface area contributed by atoms with Gasteiger partial charge in [-0.05, 0) is 61.6 Å². The van der Waals surface area contributed by atoms with E-state index in [1.165, 1.54) is 4.31 Å². The SMILES string of the molecule is Cc1ccc(C)c(S(=O)(=O)N2CCCC(C(=O)Nc3ccc(CC#N)cc3)C2)c1. The first-order valence-electron chi connectivity index (χ1n) is 9.65. The van der Waals surface area contributed by atoms with E-state index in [1.54, 1.807) is 37.3 Å². The van der Waals surface area contributed by atoms with Crippen LogP contribution >= 0.6 is 0 Å². The van der Waals surface area contributed by atoms with Gasteiger partial charge >= 0.3 is 0 Å². The van der Waals surface area contributed by atoms with Gasteiger partial charge in [0.25, 0.3) is 0 Å². The number of aryl methyl sites for hydroxylation is 2. The normalized spacial score (nSPS) is 17.5. The van der Waals surface area contributed by atoms with Gasteiger partial charge in [0.2, 0.25) is 15.9 Å². The van der Waals surface area contributed by atoms with Crippen molar-refractivity contribution in [2.45, 2.75) is 38.0 Å². The molecule has 1 aliphatic rings. The summed E-state index contributed by atoms with van der Waals surface area (Å²) in [4.78, 5) is 13.0. The van der Waals surface area contributed by atoms with Gasteiger partial charge in [0.15, 0.2) is 0 Å². The number of nitrogens with one attached hydrogen (secondary N) is 1. The van der Waals surface area contributed by atoms with Crippen LogP contribution < -0.4 is 5.32 Å². The predicted molar refractivity (Wildman–Crippen MR) is 112 cm³/mol. The van der Waals surface area contributed by atoms with E-state index in [0.717, 1.165) is 11.1 Å². The first-order valence-corrected chi connectivity index (χ1v) is 11.1. The molecule has 3 rings (SSSR count). The maximum absolute atomic E-state index is 13.2. The molecular formula is C22H25N3O3S. The van der Waals surface area contributed by atoms with E-state index in [4.69, 9.17) is 5.26 Å². The van der Waals surface area contributed by atoms with Gasteiger partial charge in [0.1, 0.15) is 0 Å². The summed E-state index contributed by atoms with van der Waals surface area (Å²) in [6, 6.07) is 14.6. The summed E-state index contributed by atoms with van der Waals surface area (Å²) in [5.74, 6) is -0.582. The molecule has 0 bridgehead atoms. The van der Waals surface area contributed by atoms with Crippen molar-refractivity contribution in [2.24, 2.45) is 5.92 Å². The molecule has 0 aromatic heterocycles. The molecule has 1 amide bonds. The third kappa shape index (κ3) is 4.84. The first-order chi connectivity index (χ1) is 13.8. The Morgan fingerprint density at radius 2 is 1.93 bits per heavy atom. The molecular weight excluding hydrogens is 386 g/mol. The maximum Gasteiger partial charge on any atom is 0.243 e. The van der Waals surface area contributed by atoms with Gasteiger partial charge < -0.3 is 5.32 Å². The molecule has 152 valence electrons. The zero-order valence-electron chi connectivity index (χ0n) is 16.7. The number of rotatable bonds is 5. The van der Waals surface area contributed by atoms with Gasteiger partial charge in [-0.1, -0.05) is 24.3 Å². The lowest BCUT2D eigenvalue weighted by Crippen LogP contribution is -2.43. The minimum atomic E-state index is -3.64. The number of amides is 1. The summed E-state index contributed by atoms with van der Waals surface area (Å²) in [7, 11) is -3.64. The summed E-state index contributed by atoms with van der Waals surface area (Å²) in [6.07, 6.45) is 1.61. The van der Waals surface area contributed by atoms with Crippen LogP contribution in [0.15, 0.2) is 47.4 Å². The Kier molecular flexibility index (Phi) is 6.36. The fourth-order valence-corrected chi connectivity index (χ4v) is 5.37. The van der Waals surface area contributed by atoms with E-state index in [9.17, 15) is 13.2 Å². The van der Waals surface area contributed by atoms with Crippen molar-refractivity contribution in [3.63, 3.8) is 0 Å². The molecule has 7 heteroatoms. The van der Waals surface area contributed by atoms with Crippen LogP contribution in [0, 0.1) is 31.1 Å². The van der Waals surface area contributed by atoms with Crippen molar-refractivity contribution < 1.29 is 13.2 Å². The fraction of sp³-hybridized carbons (Fsp3) is 0.364. The van der Waals surface area contributed by atoms with E-state index in [2.05, 4.69) is 11.4 Å². The number of carbonyl (C=O) groups excluding carboxylic acids is 1. The van der Waals surface area contributed by atoms with Gasteiger partial charge in [-0.15, -0.1) is 0 Å². The molecule has 1 atom stereocenters. The summed E-state index contributed by atoms with van der Waals surface area (Å²) in [5.41, 5.74) is 3.13. The molecule has 1 fully saturated rings. The van der Waals surface area contributed by atoms with E-state index in [0.29, 0.717) is 42.0 Å². The topological polar surface area (TPSA) is 90.3 Å². The third-order valence-corrected chi connectivity index (χ3v) is 7.23. The molecule has 1 unspecified atom stereocenters. The van der Waals surface area contributed by atoms with Crippen molar-refractivity contribution in [3.05, 3.63) is 59.2 Å². The number of nitrogens with zero attached hydrogens (tertiary/aromatic N) is 2. The Hall–Kier alpha value is -2.69. The summed E-state index contributed by atoms with van der Waals surface area (Å²) in [6.45, 7) is 4.25. The van der Waals surface area contributed by atoms with Crippen LogP contribution in [0.3, 0.4) is 0 Å². The van der Waals surface area contributed by atoms with Crippen LogP contribution in [0.5, 0.6) is 0 Å². The predicted octanol–water partition coefficient (Wildman–Crippen LogP) is 3.41. The Bertz CT molecular complexity index is 1040. The monoisotopic (exact) mass is 411 g/mol. The highest BCUT2D eigenvalue weighted by Gasteiger charge is 2.34. The lowest BCUT2D eigenvalue weighted by Gasteiger charge is -2.31. The molecule has 0 radical (unpaired) electrons. The fourth-order valence-electron chi connectivity index (χ4n) is 3.54.